The summed E-state index contributed by atoms with van der Waals surface area (Å²) in [6, 6.07) is 90.0. The maximum atomic E-state index is 13.5. The zero-order chi connectivity index (χ0) is 68.1. The molecule has 9 aromatic rings. The molecule has 0 bridgehead atoms. The Balaban J connectivity index is 0.000000130. The van der Waals surface area contributed by atoms with Gasteiger partial charge in [0.25, 0.3) is 0 Å². The number of nitrogens with zero attached hydrogens (tertiary/aromatic N) is 5. The Morgan fingerprint density at radius 2 is 0.765 bits per heavy atom. The Hall–Kier alpha value is -7.98. The fourth-order valence-corrected chi connectivity index (χ4v) is 20.2. The second kappa shape index (κ2) is 32.3. The molecule has 0 saturated carbocycles. The van der Waals surface area contributed by atoms with Gasteiger partial charge in [-0.05, 0) is 114 Å². The summed E-state index contributed by atoms with van der Waals surface area (Å²) >= 11 is 0. The monoisotopic (exact) mass is 1350 g/mol. The van der Waals surface area contributed by atoms with Crippen molar-refractivity contribution in [2.24, 2.45) is 23.7 Å². The first kappa shape index (κ1) is 69.9. The molecule has 508 valence electrons. The third-order valence-electron chi connectivity index (χ3n) is 21.5. The number of piperidine rings is 1. The van der Waals surface area contributed by atoms with E-state index in [4.69, 9.17) is 0 Å². The van der Waals surface area contributed by atoms with Gasteiger partial charge in [0, 0.05) is 119 Å². The molecule has 0 N–H and O–H groups in total. The third-order valence-corrected chi connectivity index (χ3v) is 25.3. The fourth-order valence-electron chi connectivity index (χ4n) is 16.4. The van der Waals surface area contributed by atoms with E-state index in [2.05, 4.69) is 196 Å². The summed E-state index contributed by atoms with van der Waals surface area (Å²) < 4.78 is 54.3. The first-order valence-corrected chi connectivity index (χ1v) is 38.3. The molecule has 0 unspecified atom stereocenters. The SMILES string of the molecule is CC(=O)[C@@H]1CN(Cc2ccccc2)C[C@H]1c1ccccc1.CC(=O)[C@H]1CN(Cc2ccccc2)C[C@@H]1c1ccccc1.C[C@H]1CN(Cc2ccccc2)C[C@@H]1c1ccccc1.O=S1(=O)CC2(CCN(C[C@H]3CN(S(=O)(=O)c4ccccc4)C[C@@H]3c3ccccc3)CC2)c2ccccc21. The lowest BCUT2D eigenvalue weighted by atomic mass is 9.74. The topological polar surface area (TPSA) is 119 Å². The minimum Gasteiger partial charge on any atom is -0.303 e. The highest BCUT2D eigenvalue weighted by molar-refractivity contribution is 7.91. The smallest absolute Gasteiger partial charge is 0.243 e. The largest absolute Gasteiger partial charge is 0.303 e. The number of rotatable bonds is 16. The summed E-state index contributed by atoms with van der Waals surface area (Å²) in [5, 5.41) is 0. The number of hydrogen-bond acceptors (Lipinski definition) is 10. The Labute approximate surface area is 583 Å². The maximum Gasteiger partial charge on any atom is 0.243 e. The predicted octanol–water partition coefficient (Wildman–Crippen LogP) is 14.8. The van der Waals surface area contributed by atoms with Crippen LogP contribution < -0.4 is 0 Å². The van der Waals surface area contributed by atoms with Crippen LogP contribution in [-0.2, 0) is 54.5 Å². The Bertz CT molecular complexity index is 4120. The van der Waals surface area contributed by atoms with Crippen LogP contribution in [0, 0.1) is 23.7 Å². The number of sulfonamides is 1. The zero-order valence-electron chi connectivity index (χ0n) is 57.0. The number of hydrogen-bond donors (Lipinski definition) is 0. The number of likely N-dealkylation sites (tertiary alicyclic amines) is 4. The van der Waals surface area contributed by atoms with E-state index < -0.39 is 19.9 Å². The van der Waals surface area contributed by atoms with Crippen LogP contribution in [0.4, 0.5) is 0 Å². The van der Waals surface area contributed by atoms with Crippen LogP contribution in [0.25, 0.3) is 0 Å². The number of fused-ring (bicyclic) bond motifs is 2. The molecule has 6 heterocycles. The van der Waals surface area contributed by atoms with Gasteiger partial charge < -0.3 is 4.90 Å². The predicted molar refractivity (Wildman–Crippen MR) is 394 cm³/mol. The van der Waals surface area contributed by atoms with Crippen molar-refractivity contribution in [2.75, 3.05) is 77.7 Å². The van der Waals surface area contributed by atoms with Gasteiger partial charge in [-0.3, -0.25) is 24.3 Å². The molecule has 6 aliphatic heterocycles. The summed E-state index contributed by atoms with van der Waals surface area (Å²) in [4.78, 5) is 34.6. The minimum atomic E-state index is -3.57. The second-order valence-corrected chi connectivity index (χ2v) is 32.1. The van der Waals surface area contributed by atoms with Gasteiger partial charge in [0.15, 0.2) is 9.84 Å². The molecule has 0 aromatic heterocycles. The number of carbonyl (C=O) groups is 2. The average molecular weight is 1350 g/mol. The van der Waals surface area contributed by atoms with Gasteiger partial charge in [0.05, 0.1) is 15.5 Å². The van der Waals surface area contributed by atoms with E-state index in [9.17, 15) is 26.4 Å². The van der Waals surface area contributed by atoms with Gasteiger partial charge in [-0.15, -0.1) is 0 Å². The summed E-state index contributed by atoms with van der Waals surface area (Å²) in [6.07, 6.45) is 1.61. The van der Waals surface area contributed by atoms with Gasteiger partial charge in [-0.2, -0.15) is 4.31 Å². The second-order valence-electron chi connectivity index (χ2n) is 28.3. The number of sulfone groups is 1. The van der Waals surface area contributed by atoms with Crippen LogP contribution in [0.5, 0.6) is 0 Å². The Morgan fingerprint density at radius 3 is 1.19 bits per heavy atom. The highest BCUT2D eigenvalue weighted by atomic mass is 32.2. The van der Waals surface area contributed by atoms with Crippen molar-refractivity contribution in [1.29, 1.82) is 0 Å². The van der Waals surface area contributed by atoms with E-state index in [1.54, 1.807) is 48.5 Å². The standard InChI is InChI=1S/C29H32N2O4S2.2C19H21NO.C18H21N/c32-36(33)22-29(27-13-7-8-14-28(27)36)15-17-30(18-16-29)19-24-20-31(21-26(24)23-9-3-1-4-10-23)37(34,35)25-11-5-2-6-12-25;2*1-15(21)18-13-20(12-16-8-4-2-5-9-16)14-19(18)17-10-6-3-7-11-17;1-15-12-19(13-16-8-4-2-5-9-16)14-18(15)17-10-6-3-7-11-17/h1-14,24,26H,15-22H2;2*2-11,18-19H,12-14H2,1H3;2-11,15,18H,12-14H2,1H3/t24-,26+;2*18-,19-;15-,18-/m0100/s1. The molecule has 9 aromatic carbocycles. The van der Waals surface area contributed by atoms with E-state index in [1.807, 2.05) is 66.7 Å². The van der Waals surface area contributed by atoms with Crippen molar-refractivity contribution in [1.82, 2.24) is 23.9 Å². The number of carbonyl (C=O) groups excluding carboxylic acids is 2. The molecular weight excluding hydrogens is 1250 g/mol. The van der Waals surface area contributed by atoms with E-state index in [0.29, 0.717) is 52.2 Å². The van der Waals surface area contributed by atoms with E-state index in [0.717, 1.165) is 89.8 Å². The highest BCUT2D eigenvalue weighted by Crippen LogP contribution is 2.47. The molecule has 0 aliphatic carbocycles. The van der Waals surface area contributed by atoms with Crippen molar-refractivity contribution in [2.45, 2.75) is 92.1 Å². The maximum absolute atomic E-state index is 13.5. The van der Waals surface area contributed by atoms with E-state index >= 15 is 0 Å². The summed E-state index contributed by atoms with van der Waals surface area (Å²) in [5.74, 6) is 3.41. The van der Waals surface area contributed by atoms with Crippen molar-refractivity contribution in [3.8, 4) is 0 Å². The van der Waals surface area contributed by atoms with Crippen molar-refractivity contribution >= 4 is 31.4 Å². The molecule has 98 heavy (non-hydrogen) atoms. The fraction of sp³-hybridized carbons (Fsp3) is 0.341. The van der Waals surface area contributed by atoms with Gasteiger partial charge in [0.2, 0.25) is 10.0 Å². The molecule has 0 radical (unpaired) electrons. The first-order chi connectivity index (χ1) is 47.6. The quantitative estimate of drug-likeness (QED) is 0.0925. The van der Waals surface area contributed by atoms with Crippen LogP contribution in [0.3, 0.4) is 0 Å². The summed E-state index contributed by atoms with van der Waals surface area (Å²) in [5.41, 5.74) is 9.96. The minimum absolute atomic E-state index is 0.114. The van der Waals surface area contributed by atoms with Crippen molar-refractivity contribution in [3.05, 3.63) is 311 Å². The molecule has 15 rings (SSSR count). The molecular formula is C85H95N5O6S2. The average Bonchev–Trinajstić information content (AvgIpc) is 1.58. The van der Waals surface area contributed by atoms with Gasteiger partial charge in [-0.1, -0.05) is 256 Å². The van der Waals surface area contributed by atoms with Crippen LogP contribution in [-0.4, -0.2) is 130 Å². The summed E-state index contributed by atoms with van der Waals surface area (Å²) in [6.45, 7) is 18.2. The lowest BCUT2D eigenvalue weighted by molar-refractivity contribution is -0.121. The van der Waals surface area contributed by atoms with Gasteiger partial charge in [-0.25, -0.2) is 16.8 Å². The normalized spacial score (nSPS) is 23.7. The van der Waals surface area contributed by atoms with Crippen LogP contribution in [0.1, 0.15) is 102 Å². The van der Waals surface area contributed by atoms with Gasteiger partial charge >= 0.3 is 0 Å². The molecule has 5 fully saturated rings. The van der Waals surface area contributed by atoms with E-state index in [1.165, 1.54) is 52.0 Å². The van der Waals surface area contributed by atoms with Crippen molar-refractivity contribution in [3.63, 3.8) is 0 Å². The number of benzene rings is 9. The molecule has 6 aliphatic rings. The lowest BCUT2D eigenvalue weighted by Gasteiger charge is -2.40. The molecule has 13 heteroatoms. The Morgan fingerprint density at radius 1 is 0.408 bits per heavy atom. The molecule has 5 saturated heterocycles. The van der Waals surface area contributed by atoms with Crippen LogP contribution in [0.15, 0.2) is 277 Å². The first-order valence-electron chi connectivity index (χ1n) is 35.2. The van der Waals surface area contributed by atoms with Crippen LogP contribution >= 0.6 is 0 Å². The molecule has 8 atom stereocenters. The van der Waals surface area contributed by atoms with Crippen LogP contribution in [0.2, 0.25) is 0 Å². The number of ketones is 2. The Kier molecular flexibility index (Phi) is 23.1. The van der Waals surface area contributed by atoms with Crippen molar-refractivity contribution < 1.29 is 26.4 Å². The zero-order valence-corrected chi connectivity index (χ0v) is 58.7. The summed E-state index contributed by atoms with van der Waals surface area (Å²) in [7, 11) is -6.81. The lowest BCUT2D eigenvalue weighted by Crippen LogP contribution is -2.45. The molecule has 1 spiro atoms. The number of Topliss-reactive ketones (excluding diaryl/α,β-unsaturated/α-hetero) is 2. The van der Waals surface area contributed by atoms with E-state index in [-0.39, 0.29) is 34.8 Å². The third kappa shape index (κ3) is 17.2. The van der Waals surface area contributed by atoms with Gasteiger partial charge in [0.1, 0.15) is 11.6 Å². The highest BCUT2D eigenvalue weighted by Gasteiger charge is 2.49. The molecule has 11 nitrogen and oxygen atoms in total. The molecule has 0 amide bonds.